The number of benzene rings is 1. The predicted octanol–water partition coefficient (Wildman–Crippen LogP) is 6.34. The van der Waals surface area contributed by atoms with E-state index in [9.17, 15) is 14.7 Å². The number of imide groups is 1. The van der Waals surface area contributed by atoms with Gasteiger partial charge in [-0.15, -0.1) is 11.3 Å². The van der Waals surface area contributed by atoms with Gasteiger partial charge < -0.3 is 9.84 Å². The molecule has 6 heteroatoms. The summed E-state index contributed by atoms with van der Waals surface area (Å²) < 4.78 is 6.36. The van der Waals surface area contributed by atoms with Crippen molar-refractivity contribution in [3.05, 3.63) is 68.9 Å². The van der Waals surface area contributed by atoms with Gasteiger partial charge in [0.15, 0.2) is 0 Å². The fourth-order valence-corrected chi connectivity index (χ4v) is 7.04. The molecule has 2 aromatic rings. The number of phenols is 1. The van der Waals surface area contributed by atoms with E-state index in [2.05, 4.69) is 19.9 Å². The minimum atomic E-state index is -0.286. The van der Waals surface area contributed by atoms with Crippen molar-refractivity contribution in [1.82, 2.24) is 4.90 Å². The SMILES string of the molecule is CCC/C(=C\c1cccc(O)c1)CC[C@H]1OC[C@H]2C1=C(CC)C[C@H]1C(=O)N(Cc3cccs3)C(=O)[C@H]12. The second-order valence-electron chi connectivity index (χ2n) is 10.2. The monoisotopic (exact) mass is 505 g/mol. The second kappa shape index (κ2) is 10.7. The van der Waals surface area contributed by atoms with Crippen LogP contribution in [-0.4, -0.2) is 34.5 Å². The highest BCUT2D eigenvalue weighted by molar-refractivity contribution is 7.09. The first-order chi connectivity index (χ1) is 17.5. The highest BCUT2D eigenvalue weighted by atomic mass is 32.1. The van der Waals surface area contributed by atoms with Gasteiger partial charge in [0.2, 0.25) is 11.8 Å². The maximum Gasteiger partial charge on any atom is 0.234 e. The van der Waals surface area contributed by atoms with Crippen LogP contribution in [0.15, 0.2) is 58.5 Å². The van der Waals surface area contributed by atoms with E-state index in [0.29, 0.717) is 19.6 Å². The zero-order valence-corrected chi connectivity index (χ0v) is 21.9. The van der Waals surface area contributed by atoms with Crippen LogP contribution in [0.3, 0.4) is 0 Å². The Hall–Kier alpha value is -2.70. The lowest BCUT2D eigenvalue weighted by Crippen LogP contribution is -2.34. The molecule has 2 amide bonds. The number of thiophene rings is 1. The first-order valence-electron chi connectivity index (χ1n) is 13.2. The average molecular weight is 506 g/mol. The molecular weight excluding hydrogens is 470 g/mol. The van der Waals surface area contributed by atoms with Crippen LogP contribution in [0, 0.1) is 17.8 Å². The number of rotatable bonds is 9. The second-order valence-corrected chi connectivity index (χ2v) is 11.2. The number of allylic oxidation sites excluding steroid dienone is 2. The number of hydrogen-bond acceptors (Lipinski definition) is 5. The molecule has 0 unspecified atom stereocenters. The van der Waals surface area contributed by atoms with Crippen LogP contribution in [0.25, 0.3) is 6.08 Å². The van der Waals surface area contributed by atoms with Crippen molar-refractivity contribution >= 4 is 29.2 Å². The first kappa shape index (κ1) is 25.0. The smallest absolute Gasteiger partial charge is 0.234 e. The zero-order valence-electron chi connectivity index (χ0n) is 21.1. The minimum absolute atomic E-state index is 0.00424. The Kier molecular flexibility index (Phi) is 7.44. The summed E-state index contributed by atoms with van der Waals surface area (Å²) in [6.45, 7) is 5.25. The third-order valence-electron chi connectivity index (χ3n) is 7.96. The van der Waals surface area contributed by atoms with Crippen LogP contribution in [0.4, 0.5) is 0 Å². The molecule has 0 saturated carbocycles. The Balaban J connectivity index is 1.34. The third-order valence-corrected chi connectivity index (χ3v) is 8.82. The number of likely N-dealkylation sites (tertiary alicyclic amines) is 1. The van der Waals surface area contributed by atoms with Gasteiger partial charge in [-0.1, -0.05) is 55.7 Å². The molecule has 1 aromatic heterocycles. The predicted molar refractivity (Wildman–Crippen MR) is 142 cm³/mol. The molecule has 5 nitrogen and oxygen atoms in total. The average Bonchev–Trinajstić information content (AvgIpc) is 3.59. The van der Waals surface area contributed by atoms with Crippen LogP contribution in [0.1, 0.15) is 62.8 Å². The Morgan fingerprint density at radius 3 is 2.72 bits per heavy atom. The molecule has 3 aliphatic rings. The molecule has 1 N–H and O–H groups in total. The third kappa shape index (κ3) is 4.81. The topological polar surface area (TPSA) is 66.8 Å². The molecule has 1 aromatic carbocycles. The summed E-state index contributed by atoms with van der Waals surface area (Å²) in [6, 6.07) is 11.3. The highest BCUT2D eigenvalue weighted by Gasteiger charge is 2.56. The summed E-state index contributed by atoms with van der Waals surface area (Å²) in [4.78, 5) is 29.4. The zero-order chi connectivity index (χ0) is 25.2. The molecule has 2 aliphatic heterocycles. The highest BCUT2D eigenvalue weighted by Crippen LogP contribution is 2.50. The molecule has 1 aliphatic carbocycles. The lowest BCUT2D eigenvalue weighted by Gasteiger charge is -2.31. The molecule has 190 valence electrons. The lowest BCUT2D eigenvalue weighted by molar-refractivity contribution is -0.140. The molecule has 2 fully saturated rings. The summed E-state index contributed by atoms with van der Waals surface area (Å²) in [5, 5.41) is 11.8. The van der Waals surface area contributed by atoms with Crippen LogP contribution >= 0.6 is 11.3 Å². The Bertz CT molecular complexity index is 1180. The Labute approximate surface area is 217 Å². The van der Waals surface area contributed by atoms with Gasteiger partial charge in [0.25, 0.3) is 0 Å². The van der Waals surface area contributed by atoms with Crippen LogP contribution in [-0.2, 0) is 20.9 Å². The van der Waals surface area contributed by atoms with Crippen molar-refractivity contribution in [2.75, 3.05) is 6.61 Å². The molecule has 3 heterocycles. The summed E-state index contributed by atoms with van der Waals surface area (Å²) >= 11 is 1.59. The fourth-order valence-electron chi connectivity index (χ4n) is 6.35. The van der Waals surface area contributed by atoms with Gasteiger partial charge in [-0.3, -0.25) is 14.5 Å². The van der Waals surface area contributed by atoms with Gasteiger partial charge in [-0.2, -0.15) is 0 Å². The van der Waals surface area contributed by atoms with Gasteiger partial charge in [0.05, 0.1) is 31.1 Å². The van der Waals surface area contributed by atoms with E-state index in [-0.39, 0.29) is 41.4 Å². The lowest BCUT2D eigenvalue weighted by atomic mass is 9.69. The Morgan fingerprint density at radius 1 is 1.14 bits per heavy atom. The van der Waals surface area contributed by atoms with E-state index in [0.717, 1.165) is 42.5 Å². The summed E-state index contributed by atoms with van der Waals surface area (Å²) in [5.74, 6) is -0.268. The van der Waals surface area contributed by atoms with Crippen LogP contribution < -0.4 is 0 Å². The van der Waals surface area contributed by atoms with Crippen LogP contribution in [0.5, 0.6) is 5.75 Å². The number of aromatic hydroxyl groups is 1. The molecule has 4 atom stereocenters. The number of ether oxygens (including phenoxy) is 1. The van der Waals surface area contributed by atoms with E-state index in [1.54, 1.807) is 23.5 Å². The molecule has 0 radical (unpaired) electrons. The number of carbonyl (C=O) groups excluding carboxylic acids is 2. The van der Waals surface area contributed by atoms with Gasteiger partial charge >= 0.3 is 0 Å². The number of fused-ring (bicyclic) bond motifs is 3. The van der Waals surface area contributed by atoms with E-state index in [1.165, 1.54) is 21.6 Å². The van der Waals surface area contributed by atoms with E-state index < -0.39 is 0 Å². The summed E-state index contributed by atoms with van der Waals surface area (Å²) in [6.07, 6.45) is 7.60. The van der Waals surface area contributed by atoms with Gasteiger partial charge in [-0.25, -0.2) is 0 Å². The van der Waals surface area contributed by atoms with Crippen molar-refractivity contribution in [3.63, 3.8) is 0 Å². The maximum absolute atomic E-state index is 13.5. The molecule has 36 heavy (non-hydrogen) atoms. The van der Waals surface area contributed by atoms with Gasteiger partial charge in [0, 0.05) is 10.8 Å². The molecule has 2 saturated heterocycles. The number of carbonyl (C=O) groups is 2. The largest absolute Gasteiger partial charge is 0.508 e. The van der Waals surface area contributed by atoms with Crippen molar-refractivity contribution in [2.45, 2.75) is 65.0 Å². The van der Waals surface area contributed by atoms with E-state index in [4.69, 9.17) is 4.74 Å². The normalized spacial score (nSPS) is 26.1. The molecule has 0 spiro atoms. The summed E-state index contributed by atoms with van der Waals surface area (Å²) in [7, 11) is 0. The Morgan fingerprint density at radius 2 is 2.00 bits per heavy atom. The van der Waals surface area contributed by atoms with E-state index >= 15 is 0 Å². The maximum atomic E-state index is 13.5. The standard InChI is InChI=1S/C30H35NO4S/c1-3-7-19(14-20-8-5-9-22(32)15-20)11-12-26-27-21(4-2)16-24-28(25(27)18-35-26)30(34)31(29(24)33)17-23-10-6-13-36-23/h5-6,8-10,13-15,24-26,28,32H,3-4,7,11-12,16-18H2,1-2H3/b19-14+/t24-,25+,26-,28-/m1/s1. The molecular formula is C30H35NO4S. The van der Waals surface area contributed by atoms with Crippen molar-refractivity contribution in [3.8, 4) is 5.75 Å². The van der Waals surface area contributed by atoms with Crippen LogP contribution in [0.2, 0.25) is 0 Å². The number of hydrogen-bond donors (Lipinski definition) is 1. The first-order valence-corrected chi connectivity index (χ1v) is 14.1. The molecule has 0 bridgehead atoms. The van der Waals surface area contributed by atoms with Gasteiger partial charge in [-0.05, 0) is 66.8 Å². The van der Waals surface area contributed by atoms with E-state index in [1.807, 2.05) is 29.6 Å². The molecule has 5 rings (SSSR count). The quantitative estimate of drug-likeness (QED) is 0.319. The number of nitrogens with zero attached hydrogens (tertiary/aromatic N) is 1. The van der Waals surface area contributed by atoms with Gasteiger partial charge in [0.1, 0.15) is 5.75 Å². The van der Waals surface area contributed by atoms with Crippen molar-refractivity contribution in [1.29, 1.82) is 0 Å². The number of phenolic OH excluding ortho intramolecular Hbond substituents is 1. The summed E-state index contributed by atoms with van der Waals surface area (Å²) in [5.41, 5.74) is 4.97. The van der Waals surface area contributed by atoms with Crippen molar-refractivity contribution < 1.29 is 19.4 Å². The number of amides is 2. The fraction of sp³-hybridized carbons (Fsp3) is 0.467. The minimum Gasteiger partial charge on any atom is -0.508 e. The van der Waals surface area contributed by atoms with Crippen molar-refractivity contribution in [2.24, 2.45) is 17.8 Å².